The van der Waals surface area contributed by atoms with Gasteiger partial charge in [0.25, 0.3) is 0 Å². The van der Waals surface area contributed by atoms with Gasteiger partial charge in [-0.15, -0.1) is 0 Å². The van der Waals surface area contributed by atoms with Crippen LogP contribution in [0.5, 0.6) is 0 Å². The Hall–Kier alpha value is -3.02. The Balaban J connectivity index is 1.79. The van der Waals surface area contributed by atoms with Crippen molar-refractivity contribution in [2.75, 3.05) is 6.61 Å². The fourth-order valence-electron chi connectivity index (χ4n) is 2.55. The first-order valence-corrected chi connectivity index (χ1v) is 7.55. The number of carbonyl (C=O) groups is 2. The molecule has 0 saturated carbocycles. The van der Waals surface area contributed by atoms with E-state index in [1.807, 2.05) is 26.0 Å². The standard InChI is InChI=1S/C18H17N3O3/c1-11-5-6-12(2)14(9-11)15(22)10-24-18(23)16-13(3)20-21-8-4-7-19-17(16)21/h4-9H,10H2,1-3H3. The Morgan fingerprint density at radius 1 is 1.21 bits per heavy atom. The van der Waals surface area contributed by atoms with Crippen molar-refractivity contribution >= 4 is 17.4 Å². The van der Waals surface area contributed by atoms with E-state index in [1.54, 1.807) is 31.5 Å². The molecule has 0 bridgehead atoms. The van der Waals surface area contributed by atoms with Gasteiger partial charge in [-0.25, -0.2) is 14.3 Å². The molecule has 24 heavy (non-hydrogen) atoms. The van der Waals surface area contributed by atoms with Crippen LogP contribution >= 0.6 is 0 Å². The summed E-state index contributed by atoms with van der Waals surface area (Å²) in [6, 6.07) is 7.34. The minimum atomic E-state index is -0.597. The number of hydrogen-bond donors (Lipinski definition) is 0. The Bertz CT molecular complexity index is 944. The molecule has 122 valence electrons. The van der Waals surface area contributed by atoms with Gasteiger partial charge in [0.05, 0.1) is 5.69 Å². The third-order valence-electron chi connectivity index (χ3n) is 3.80. The molecule has 0 amide bonds. The number of benzene rings is 1. The lowest BCUT2D eigenvalue weighted by Crippen LogP contribution is -2.16. The Morgan fingerprint density at radius 2 is 2.00 bits per heavy atom. The second kappa shape index (κ2) is 6.23. The van der Waals surface area contributed by atoms with Crippen molar-refractivity contribution in [3.05, 3.63) is 64.6 Å². The van der Waals surface area contributed by atoms with Crippen LogP contribution in [0.2, 0.25) is 0 Å². The summed E-state index contributed by atoms with van der Waals surface area (Å²) in [7, 11) is 0. The topological polar surface area (TPSA) is 73.6 Å². The number of Topliss-reactive ketones (excluding diaryl/α,β-unsaturated/α-hetero) is 1. The van der Waals surface area contributed by atoms with Crippen LogP contribution in [0.3, 0.4) is 0 Å². The van der Waals surface area contributed by atoms with Crippen LogP contribution in [0, 0.1) is 20.8 Å². The highest BCUT2D eigenvalue weighted by molar-refractivity contribution is 6.02. The maximum Gasteiger partial charge on any atom is 0.344 e. The number of fused-ring (bicyclic) bond motifs is 1. The number of nitrogens with zero attached hydrogens (tertiary/aromatic N) is 3. The van der Waals surface area contributed by atoms with Gasteiger partial charge in [0, 0.05) is 18.0 Å². The summed E-state index contributed by atoms with van der Waals surface area (Å²) in [5.41, 5.74) is 3.62. The molecule has 0 atom stereocenters. The SMILES string of the molecule is Cc1ccc(C)c(C(=O)COC(=O)c2c(C)nn3cccnc23)c1. The van der Waals surface area contributed by atoms with Gasteiger partial charge < -0.3 is 4.74 Å². The second-order valence-corrected chi connectivity index (χ2v) is 5.67. The first-order valence-electron chi connectivity index (χ1n) is 7.55. The number of aromatic nitrogens is 3. The van der Waals surface area contributed by atoms with Crippen molar-refractivity contribution < 1.29 is 14.3 Å². The molecule has 0 fully saturated rings. The first kappa shape index (κ1) is 15.9. The molecule has 0 aliphatic carbocycles. The van der Waals surface area contributed by atoms with Crippen molar-refractivity contribution in [1.82, 2.24) is 14.6 Å². The molecule has 6 heteroatoms. The number of carbonyl (C=O) groups excluding carboxylic acids is 2. The smallest absolute Gasteiger partial charge is 0.344 e. The molecule has 2 aromatic heterocycles. The molecule has 6 nitrogen and oxygen atoms in total. The molecule has 2 heterocycles. The quantitative estimate of drug-likeness (QED) is 0.545. The molecule has 0 aliphatic rings. The number of aryl methyl sites for hydroxylation is 3. The van der Waals surface area contributed by atoms with Gasteiger partial charge in [-0.1, -0.05) is 17.7 Å². The number of hydrogen-bond acceptors (Lipinski definition) is 5. The molecule has 0 unspecified atom stereocenters. The number of ether oxygens (including phenoxy) is 1. The number of esters is 1. The molecule has 0 radical (unpaired) electrons. The van der Waals surface area contributed by atoms with Crippen LogP contribution < -0.4 is 0 Å². The van der Waals surface area contributed by atoms with E-state index in [0.29, 0.717) is 16.9 Å². The molecule has 0 saturated heterocycles. The van der Waals surface area contributed by atoms with Gasteiger partial charge in [-0.3, -0.25) is 4.79 Å². The predicted molar refractivity (Wildman–Crippen MR) is 88.3 cm³/mol. The third-order valence-corrected chi connectivity index (χ3v) is 3.80. The lowest BCUT2D eigenvalue weighted by molar-refractivity contribution is 0.0475. The summed E-state index contributed by atoms with van der Waals surface area (Å²) < 4.78 is 6.72. The van der Waals surface area contributed by atoms with E-state index in [1.165, 1.54) is 4.52 Å². The Labute approximate surface area is 139 Å². The van der Waals surface area contributed by atoms with Gasteiger partial charge in [0.2, 0.25) is 5.78 Å². The molecule has 1 aromatic carbocycles. The molecule has 0 N–H and O–H groups in total. The van der Waals surface area contributed by atoms with E-state index < -0.39 is 5.97 Å². The third kappa shape index (κ3) is 2.90. The van der Waals surface area contributed by atoms with E-state index in [-0.39, 0.29) is 18.0 Å². The maximum absolute atomic E-state index is 12.4. The number of ketones is 1. The van der Waals surface area contributed by atoms with Crippen LogP contribution in [0.25, 0.3) is 5.65 Å². The largest absolute Gasteiger partial charge is 0.454 e. The summed E-state index contributed by atoms with van der Waals surface area (Å²) in [6.07, 6.45) is 3.28. The highest BCUT2D eigenvalue weighted by Gasteiger charge is 2.21. The monoisotopic (exact) mass is 323 g/mol. The van der Waals surface area contributed by atoms with E-state index >= 15 is 0 Å². The van der Waals surface area contributed by atoms with Gasteiger partial charge in [-0.05, 0) is 38.5 Å². The average molecular weight is 323 g/mol. The summed E-state index contributed by atoms with van der Waals surface area (Å²) in [4.78, 5) is 28.8. The second-order valence-electron chi connectivity index (χ2n) is 5.67. The van der Waals surface area contributed by atoms with Crippen LogP contribution in [-0.2, 0) is 4.74 Å². The molecule has 3 aromatic rings. The van der Waals surface area contributed by atoms with Gasteiger partial charge in [0.15, 0.2) is 12.3 Å². The summed E-state index contributed by atoms with van der Waals surface area (Å²) in [5, 5.41) is 4.21. The van der Waals surface area contributed by atoms with Crippen LogP contribution in [0.1, 0.15) is 37.5 Å². The lowest BCUT2D eigenvalue weighted by Gasteiger charge is -2.07. The molecule has 3 rings (SSSR count). The van der Waals surface area contributed by atoms with E-state index in [4.69, 9.17) is 4.74 Å². The van der Waals surface area contributed by atoms with Gasteiger partial charge in [-0.2, -0.15) is 5.10 Å². The molecule has 0 aliphatic heterocycles. The van der Waals surface area contributed by atoms with Crippen LogP contribution in [0.4, 0.5) is 0 Å². The minimum Gasteiger partial charge on any atom is -0.454 e. The zero-order valence-corrected chi connectivity index (χ0v) is 13.7. The Morgan fingerprint density at radius 3 is 2.79 bits per heavy atom. The van der Waals surface area contributed by atoms with Crippen molar-refractivity contribution in [2.45, 2.75) is 20.8 Å². The van der Waals surface area contributed by atoms with Crippen LogP contribution in [0.15, 0.2) is 36.7 Å². The van der Waals surface area contributed by atoms with Crippen molar-refractivity contribution in [3.63, 3.8) is 0 Å². The summed E-state index contributed by atoms with van der Waals surface area (Å²) >= 11 is 0. The highest BCUT2D eigenvalue weighted by atomic mass is 16.5. The summed E-state index contributed by atoms with van der Waals surface area (Å²) in [6.45, 7) is 5.16. The van der Waals surface area contributed by atoms with E-state index in [9.17, 15) is 9.59 Å². The fraction of sp³-hybridized carbons (Fsp3) is 0.222. The predicted octanol–water partition coefficient (Wildman–Crippen LogP) is 2.69. The average Bonchev–Trinajstić information content (AvgIpc) is 2.90. The highest BCUT2D eigenvalue weighted by Crippen LogP contribution is 2.15. The van der Waals surface area contributed by atoms with Gasteiger partial charge >= 0.3 is 5.97 Å². The summed E-state index contributed by atoms with van der Waals surface area (Å²) in [5.74, 6) is -0.827. The maximum atomic E-state index is 12.4. The van der Waals surface area contributed by atoms with E-state index in [2.05, 4.69) is 10.1 Å². The van der Waals surface area contributed by atoms with Crippen molar-refractivity contribution in [3.8, 4) is 0 Å². The number of rotatable bonds is 4. The fourth-order valence-corrected chi connectivity index (χ4v) is 2.55. The van der Waals surface area contributed by atoms with Gasteiger partial charge in [0.1, 0.15) is 5.56 Å². The van der Waals surface area contributed by atoms with Crippen LogP contribution in [-0.4, -0.2) is 33.0 Å². The first-order chi connectivity index (χ1) is 11.5. The zero-order valence-electron chi connectivity index (χ0n) is 13.7. The normalized spacial score (nSPS) is 10.8. The van der Waals surface area contributed by atoms with Crippen molar-refractivity contribution in [1.29, 1.82) is 0 Å². The molecular weight excluding hydrogens is 306 g/mol. The zero-order chi connectivity index (χ0) is 17.3. The van der Waals surface area contributed by atoms with Crippen molar-refractivity contribution in [2.24, 2.45) is 0 Å². The van der Waals surface area contributed by atoms with E-state index in [0.717, 1.165) is 11.1 Å². The molecule has 0 spiro atoms. The lowest BCUT2D eigenvalue weighted by atomic mass is 10.0. The molecular formula is C18H17N3O3. The Kier molecular flexibility index (Phi) is 4.12. The minimum absolute atomic E-state index is 0.230.